The number of rotatable bonds is 3. The fourth-order valence-electron chi connectivity index (χ4n) is 1.55. The van der Waals surface area contributed by atoms with Crippen molar-refractivity contribution in [3.8, 4) is 6.07 Å². The molecule has 0 radical (unpaired) electrons. The number of ketones is 1. The van der Waals surface area contributed by atoms with Gasteiger partial charge in [0.15, 0.2) is 5.78 Å². The van der Waals surface area contributed by atoms with Gasteiger partial charge in [0.2, 0.25) is 0 Å². The van der Waals surface area contributed by atoms with Crippen LogP contribution in [0.5, 0.6) is 0 Å². The number of nitriles is 1. The normalized spacial score (nSPS) is 9.74. The molecule has 1 N–H and O–H groups in total. The Morgan fingerprint density at radius 3 is 2.63 bits per heavy atom. The molecule has 1 aromatic carbocycles. The Hall–Kier alpha value is -2.19. The fourth-order valence-corrected chi connectivity index (χ4v) is 1.88. The van der Waals surface area contributed by atoms with Gasteiger partial charge in [-0.15, -0.1) is 0 Å². The van der Waals surface area contributed by atoms with Gasteiger partial charge in [-0.1, -0.05) is 0 Å². The summed E-state index contributed by atoms with van der Waals surface area (Å²) in [6, 6.07) is 10.8. The van der Waals surface area contributed by atoms with Crippen LogP contribution in [-0.2, 0) is 0 Å². The smallest absolute Gasteiger partial charge is 0.159 e. The van der Waals surface area contributed by atoms with E-state index in [-0.39, 0.29) is 5.78 Å². The van der Waals surface area contributed by atoms with E-state index >= 15 is 0 Å². The first-order valence-corrected chi connectivity index (χ1v) is 6.33. The molecule has 0 saturated heterocycles. The Balaban J connectivity index is 2.26. The number of aromatic nitrogens is 1. The molecule has 0 aliphatic carbocycles. The van der Waals surface area contributed by atoms with E-state index in [2.05, 4.69) is 32.3 Å². The van der Waals surface area contributed by atoms with Crippen molar-refractivity contribution in [2.75, 3.05) is 5.32 Å². The first-order chi connectivity index (χ1) is 9.10. The van der Waals surface area contributed by atoms with E-state index in [4.69, 9.17) is 5.26 Å². The minimum Gasteiger partial charge on any atom is -0.339 e. The summed E-state index contributed by atoms with van der Waals surface area (Å²) in [6.45, 7) is 1.52. The van der Waals surface area contributed by atoms with Gasteiger partial charge in [0.1, 0.15) is 11.9 Å². The zero-order chi connectivity index (χ0) is 13.8. The van der Waals surface area contributed by atoms with Crippen LogP contribution in [0.3, 0.4) is 0 Å². The van der Waals surface area contributed by atoms with Gasteiger partial charge in [0, 0.05) is 21.9 Å². The summed E-state index contributed by atoms with van der Waals surface area (Å²) in [5, 5.41) is 12.1. The highest BCUT2D eigenvalue weighted by molar-refractivity contribution is 9.10. The molecule has 19 heavy (non-hydrogen) atoms. The molecule has 0 unspecified atom stereocenters. The molecule has 2 rings (SSSR count). The molecule has 0 saturated carbocycles. The molecule has 0 fully saturated rings. The van der Waals surface area contributed by atoms with Crippen molar-refractivity contribution >= 4 is 33.2 Å². The van der Waals surface area contributed by atoms with Crippen LogP contribution < -0.4 is 5.32 Å². The van der Waals surface area contributed by atoms with Gasteiger partial charge in [-0.05, 0) is 53.2 Å². The minimum atomic E-state index is 0.0195. The number of pyridine rings is 1. The number of Topliss-reactive ketones (excluding diaryl/α,β-unsaturated/α-hetero) is 1. The number of carbonyl (C=O) groups excluding carboxylic acids is 1. The quantitative estimate of drug-likeness (QED) is 0.878. The fraction of sp³-hybridized carbons (Fsp3) is 0.0714. The maximum Gasteiger partial charge on any atom is 0.159 e. The third-order valence-electron chi connectivity index (χ3n) is 2.53. The first kappa shape index (κ1) is 13.2. The summed E-state index contributed by atoms with van der Waals surface area (Å²) in [4.78, 5) is 15.3. The predicted molar refractivity (Wildman–Crippen MR) is 76.4 cm³/mol. The number of nitrogens with one attached hydrogen (secondary N) is 1. The lowest BCUT2D eigenvalue weighted by Gasteiger charge is -2.07. The number of hydrogen-bond acceptors (Lipinski definition) is 4. The summed E-state index contributed by atoms with van der Waals surface area (Å²) in [6.07, 6.45) is 1.62. The van der Waals surface area contributed by atoms with Crippen molar-refractivity contribution in [2.45, 2.75) is 6.92 Å². The second-order valence-electron chi connectivity index (χ2n) is 3.92. The minimum absolute atomic E-state index is 0.0195. The van der Waals surface area contributed by atoms with Crippen molar-refractivity contribution < 1.29 is 4.79 Å². The van der Waals surface area contributed by atoms with Gasteiger partial charge in [0.05, 0.1) is 5.56 Å². The molecule has 1 aromatic heterocycles. The van der Waals surface area contributed by atoms with E-state index in [9.17, 15) is 4.79 Å². The lowest BCUT2D eigenvalue weighted by Crippen LogP contribution is -1.98. The molecule has 1 heterocycles. The topological polar surface area (TPSA) is 65.8 Å². The van der Waals surface area contributed by atoms with Gasteiger partial charge < -0.3 is 5.32 Å². The van der Waals surface area contributed by atoms with Crippen molar-refractivity contribution in [1.82, 2.24) is 4.98 Å². The van der Waals surface area contributed by atoms with Crippen LogP contribution in [0.1, 0.15) is 22.8 Å². The summed E-state index contributed by atoms with van der Waals surface area (Å²) in [5.41, 5.74) is 1.87. The monoisotopic (exact) mass is 315 g/mol. The number of anilines is 2. The maximum absolute atomic E-state index is 11.2. The molecule has 2 aromatic rings. The molecular weight excluding hydrogens is 306 g/mol. The molecule has 5 heteroatoms. The van der Waals surface area contributed by atoms with Gasteiger partial charge >= 0.3 is 0 Å². The molecule has 0 amide bonds. The van der Waals surface area contributed by atoms with E-state index < -0.39 is 0 Å². The molecule has 4 nitrogen and oxygen atoms in total. The van der Waals surface area contributed by atoms with Crippen LogP contribution in [0, 0.1) is 11.3 Å². The van der Waals surface area contributed by atoms with Crippen molar-refractivity contribution in [1.29, 1.82) is 5.26 Å². The van der Waals surface area contributed by atoms with Crippen LogP contribution in [0.4, 0.5) is 11.5 Å². The first-order valence-electron chi connectivity index (χ1n) is 5.54. The van der Waals surface area contributed by atoms with Gasteiger partial charge in [-0.3, -0.25) is 4.79 Å². The molecule has 0 spiro atoms. The average Bonchev–Trinajstić information content (AvgIpc) is 2.41. The van der Waals surface area contributed by atoms with Crippen LogP contribution in [0.15, 0.2) is 41.0 Å². The zero-order valence-corrected chi connectivity index (χ0v) is 11.7. The maximum atomic E-state index is 11.2. The Labute approximate surface area is 119 Å². The third-order valence-corrected chi connectivity index (χ3v) is 2.96. The largest absolute Gasteiger partial charge is 0.339 e. The SMILES string of the molecule is CC(=O)c1ccc(Nc2ncc(Br)cc2C#N)cc1. The highest BCUT2D eigenvalue weighted by atomic mass is 79.9. The molecule has 0 atom stereocenters. The summed E-state index contributed by atoms with van der Waals surface area (Å²) in [7, 11) is 0. The Morgan fingerprint density at radius 2 is 2.05 bits per heavy atom. The summed E-state index contributed by atoms with van der Waals surface area (Å²) in [5.74, 6) is 0.507. The second kappa shape index (κ2) is 5.63. The predicted octanol–water partition coefficient (Wildman–Crippen LogP) is 3.66. The highest BCUT2D eigenvalue weighted by Gasteiger charge is 2.05. The van der Waals surface area contributed by atoms with E-state index in [0.29, 0.717) is 16.9 Å². The number of hydrogen-bond donors (Lipinski definition) is 1. The highest BCUT2D eigenvalue weighted by Crippen LogP contribution is 2.21. The molecule has 0 bridgehead atoms. The molecular formula is C14H10BrN3O. The summed E-state index contributed by atoms with van der Waals surface area (Å²) >= 11 is 3.27. The van der Waals surface area contributed by atoms with Crippen molar-refractivity contribution in [3.05, 3.63) is 52.1 Å². The van der Waals surface area contributed by atoms with Crippen molar-refractivity contribution in [3.63, 3.8) is 0 Å². The van der Waals surface area contributed by atoms with E-state index in [1.165, 1.54) is 6.92 Å². The standard InChI is InChI=1S/C14H10BrN3O/c1-9(19)10-2-4-13(5-3-10)18-14-11(7-16)6-12(15)8-17-14/h2-6,8H,1H3,(H,17,18). The third kappa shape index (κ3) is 3.18. The number of carbonyl (C=O) groups is 1. The van der Waals surface area contributed by atoms with Crippen molar-refractivity contribution in [2.24, 2.45) is 0 Å². The van der Waals surface area contributed by atoms with Crippen LogP contribution >= 0.6 is 15.9 Å². The van der Waals surface area contributed by atoms with E-state index in [1.807, 2.05) is 0 Å². The van der Waals surface area contributed by atoms with Crippen LogP contribution in [0.2, 0.25) is 0 Å². The van der Waals surface area contributed by atoms with E-state index in [0.717, 1.165) is 10.2 Å². The molecule has 0 aliphatic rings. The Bertz CT molecular complexity index is 659. The number of benzene rings is 1. The summed E-state index contributed by atoms with van der Waals surface area (Å²) < 4.78 is 0.751. The second-order valence-corrected chi connectivity index (χ2v) is 4.84. The lowest BCUT2D eigenvalue weighted by molar-refractivity contribution is 0.101. The molecule has 0 aliphatic heterocycles. The van der Waals surface area contributed by atoms with Crippen LogP contribution in [0.25, 0.3) is 0 Å². The lowest BCUT2D eigenvalue weighted by atomic mass is 10.1. The van der Waals surface area contributed by atoms with Gasteiger partial charge in [-0.25, -0.2) is 4.98 Å². The Morgan fingerprint density at radius 1 is 1.37 bits per heavy atom. The zero-order valence-electron chi connectivity index (χ0n) is 10.1. The average molecular weight is 316 g/mol. The number of halogens is 1. The van der Waals surface area contributed by atoms with Crippen LogP contribution in [-0.4, -0.2) is 10.8 Å². The van der Waals surface area contributed by atoms with Gasteiger partial charge in [-0.2, -0.15) is 5.26 Å². The number of nitrogens with zero attached hydrogens (tertiary/aromatic N) is 2. The van der Waals surface area contributed by atoms with E-state index in [1.54, 1.807) is 36.5 Å². The molecule has 94 valence electrons. The van der Waals surface area contributed by atoms with Gasteiger partial charge in [0.25, 0.3) is 0 Å². The Kier molecular flexibility index (Phi) is 3.93.